The molecule has 1 heterocycles. The van der Waals surface area contributed by atoms with Gasteiger partial charge >= 0.3 is 5.97 Å². The van der Waals surface area contributed by atoms with Gasteiger partial charge in [0.1, 0.15) is 52.7 Å². The molecule has 12 N–H and O–H groups in total. The molecule has 0 aromatic rings. The summed E-state index contributed by atoms with van der Waals surface area (Å²) in [5, 5.41) is 43.0. The molecule has 5 amide bonds. The quantitative estimate of drug-likeness (QED) is 0.0643. The van der Waals surface area contributed by atoms with E-state index in [2.05, 4.69) is 26.6 Å². The van der Waals surface area contributed by atoms with Gasteiger partial charge in [0.25, 0.3) is 11.8 Å². The summed E-state index contributed by atoms with van der Waals surface area (Å²) in [5.41, 5.74) is 10.8. The Hall–Kier alpha value is -3.52. The van der Waals surface area contributed by atoms with Gasteiger partial charge in [0.05, 0.1) is 12.6 Å². The SMILES string of the molecule is CC(C)[C@@H]1OC2=C(C[C@@H](C(=O)O)NC(=O)/C(=C/Cl)NC(=O)[C@H]1NC(=O)[C@@H](NC(=O)[C@H](C[C@H](C)C(Cl)Cl)NC(=O)CN)[C@H](O)CCCN)C(=O)[C@@H](O)C2. The van der Waals surface area contributed by atoms with Gasteiger partial charge < -0.3 is 58.1 Å². The van der Waals surface area contributed by atoms with Gasteiger partial charge in [-0.15, -0.1) is 23.2 Å². The zero-order valence-corrected chi connectivity index (χ0v) is 31.0. The largest absolute Gasteiger partial charge is 0.491 e. The van der Waals surface area contributed by atoms with Crippen LogP contribution >= 0.6 is 34.8 Å². The van der Waals surface area contributed by atoms with E-state index >= 15 is 0 Å². The standard InChI is InChI=1S/C31H46Cl3N7O11/c1-12(2)25-23(30(49)39-17(10-32)28(47)38-16(31(50)51)8-14-20(52-25)9-19(43)24(14)45)41-29(48)22(18(42)5-4-6-35)40-27(46)15(37-21(44)11-36)7-13(3)26(33)34/h10,12-13,15-16,18-19,22-23,25-26,42-43H,4-9,11,35-36H2,1-3H3,(H,37,44)(H,38,47)(H,39,49)(H,40,46)(H,41,48)(H,50,51)/b17-10-/t13-,15-,16-,18+,19-,22-,23-,25-/m0/s1. The third-order valence-corrected chi connectivity index (χ3v) is 9.41. The summed E-state index contributed by atoms with van der Waals surface area (Å²) in [7, 11) is 0. The molecule has 0 fully saturated rings. The number of nitrogens with two attached hydrogens (primary N) is 2. The highest BCUT2D eigenvalue weighted by Gasteiger charge is 2.43. The number of aliphatic carboxylic acids is 1. The maximum atomic E-state index is 14.0. The number of halogens is 3. The summed E-state index contributed by atoms with van der Waals surface area (Å²) < 4.78 is 6.12. The van der Waals surface area contributed by atoms with Crippen molar-refractivity contribution in [3.63, 3.8) is 0 Å². The Kier molecular flexibility index (Phi) is 17.7. The second kappa shape index (κ2) is 20.6. The Balaban J connectivity index is 2.63. The number of carbonyl (C=O) groups excluding carboxylic acids is 6. The van der Waals surface area contributed by atoms with Gasteiger partial charge in [-0.25, -0.2) is 4.79 Å². The number of rotatable bonds is 15. The number of ether oxygens (including phenoxy) is 1. The lowest BCUT2D eigenvalue weighted by Crippen LogP contribution is -2.63. The van der Waals surface area contributed by atoms with Gasteiger partial charge in [-0.05, 0) is 37.6 Å². The predicted octanol–water partition coefficient (Wildman–Crippen LogP) is -1.87. The van der Waals surface area contributed by atoms with Crippen LogP contribution in [0, 0.1) is 11.8 Å². The van der Waals surface area contributed by atoms with E-state index in [4.69, 9.17) is 51.0 Å². The number of alkyl halides is 2. The molecule has 0 radical (unpaired) electrons. The number of aliphatic hydroxyl groups excluding tert-OH is 2. The van der Waals surface area contributed by atoms with Crippen molar-refractivity contribution < 1.29 is 53.6 Å². The van der Waals surface area contributed by atoms with Crippen LogP contribution in [0.1, 0.15) is 52.9 Å². The van der Waals surface area contributed by atoms with Crippen LogP contribution in [-0.2, 0) is 38.3 Å². The van der Waals surface area contributed by atoms with Crippen molar-refractivity contribution in [2.24, 2.45) is 23.3 Å². The van der Waals surface area contributed by atoms with E-state index in [9.17, 15) is 48.9 Å². The van der Waals surface area contributed by atoms with Crippen LogP contribution < -0.4 is 38.1 Å². The number of hydrogen-bond acceptors (Lipinski definition) is 12. The van der Waals surface area contributed by atoms with E-state index in [0.717, 1.165) is 0 Å². The molecule has 1 aliphatic carbocycles. The summed E-state index contributed by atoms with van der Waals surface area (Å²) in [6.07, 6.45) is -5.57. The molecule has 292 valence electrons. The smallest absolute Gasteiger partial charge is 0.326 e. The molecule has 8 atom stereocenters. The Morgan fingerprint density at radius 2 is 1.71 bits per heavy atom. The molecule has 0 aromatic heterocycles. The van der Waals surface area contributed by atoms with Gasteiger partial charge in [0.2, 0.25) is 17.7 Å². The summed E-state index contributed by atoms with van der Waals surface area (Å²) in [4.78, 5) is 90.7. The second-order valence-electron chi connectivity index (χ2n) is 12.7. The van der Waals surface area contributed by atoms with E-state index < -0.39 is 126 Å². The molecule has 21 heteroatoms. The lowest BCUT2D eigenvalue weighted by atomic mass is 9.96. The van der Waals surface area contributed by atoms with Crippen molar-refractivity contribution in [3.05, 3.63) is 22.6 Å². The molecule has 18 nitrogen and oxygen atoms in total. The normalized spacial score (nSPS) is 24.4. The van der Waals surface area contributed by atoms with Crippen LogP contribution in [0.3, 0.4) is 0 Å². The second-order valence-corrected chi connectivity index (χ2v) is 14.1. The molecular formula is C31H46Cl3N7O11. The highest BCUT2D eigenvalue weighted by molar-refractivity contribution is 6.44. The Morgan fingerprint density at radius 1 is 1.06 bits per heavy atom. The molecule has 0 spiro atoms. The Morgan fingerprint density at radius 3 is 2.25 bits per heavy atom. The van der Waals surface area contributed by atoms with Gasteiger partial charge in [0.15, 0.2) is 5.78 Å². The lowest BCUT2D eigenvalue weighted by Gasteiger charge is -2.34. The minimum atomic E-state index is -1.77. The molecule has 0 bridgehead atoms. The molecule has 2 aliphatic rings. The Bertz CT molecular complexity index is 1430. The third-order valence-electron chi connectivity index (χ3n) is 8.33. The van der Waals surface area contributed by atoms with Crippen molar-refractivity contribution in [1.29, 1.82) is 0 Å². The number of Topliss-reactive ketones (excluding diaryl/α,β-unsaturated/α-hetero) is 1. The fourth-order valence-electron chi connectivity index (χ4n) is 5.38. The number of carboxylic acids is 1. The molecule has 0 aromatic carbocycles. The predicted molar refractivity (Wildman–Crippen MR) is 187 cm³/mol. The average Bonchev–Trinajstić information content (AvgIpc) is 3.34. The molecule has 0 saturated carbocycles. The first-order chi connectivity index (χ1) is 24.4. The van der Waals surface area contributed by atoms with Crippen LogP contribution in [0.5, 0.6) is 0 Å². The minimum Gasteiger partial charge on any atom is -0.491 e. The zero-order valence-electron chi connectivity index (χ0n) is 28.7. The van der Waals surface area contributed by atoms with Crippen LogP contribution in [0.15, 0.2) is 22.6 Å². The summed E-state index contributed by atoms with van der Waals surface area (Å²) >= 11 is 17.8. The van der Waals surface area contributed by atoms with Crippen LogP contribution in [-0.4, -0.2) is 117 Å². The van der Waals surface area contributed by atoms with Crippen molar-refractivity contribution in [3.8, 4) is 0 Å². The van der Waals surface area contributed by atoms with Gasteiger partial charge in [0, 0.05) is 23.9 Å². The monoisotopic (exact) mass is 797 g/mol. The van der Waals surface area contributed by atoms with Gasteiger partial charge in [-0.1, -0.05) is 32.4 Å². The maximum absolute atomic E-state index is 14.0. The number of amides is 5. The first-order valence-electron chi connectivity index (χ1n) is 16.4. The summed E-state index contributed by atoms with van der Waals surface area (Å²) in [5.74, 6) is -8.81. The molecule has 1 aliphatic heterocycles. The minimum absolute atomic E-state index is 0.0994. The fourth-order valence-corrected chi connectivity index (χ4v) is 5.74. The topological polar surface area (TPSA) is 302 Å². The number of carbonyl (C=O) groups is 7. The van der Waals surface area contributed by atoms with E-state index in [1.165, 1.54) is 0 Å². The molecule has 52 heavy (non-hydrogen) atoms. The summed E-state index contributed by atoms with van der Waals surface area (Å²) in [6, 6.07) is -6.54. The average molecular weight is 799 g/mol. The summed E-state index contributed by atoms with van der Waals surface area (Å²) in [6.45, 7) is 4.41. The number of ketones is 1. The van der Waals surface area contributed by atoms with Crippen LogP contribution in [0.2, 0.25) is 0 Å². The first kappa shape index (κ1) is 44.6. The number of nitrogens with one attached hydrogen (secondary N) is 5. The Labute approximate surface area is 314 Å². The molecule has 2 rings (SSSR count). The number of hydrogen-bond donors (Lipinski definition) is 10. The van der Waals surface area contributed by atoms with E-state index in [1.807, 2.05) is 0 Å². The lowest BCUT2D eigenvalue weighted by molar-refractivity contribution is -0.141. The van der Waals surface area contributed by atoms with Gasteiger partial charge in [-0.2, -0.15) is 0 Å². The zero-order chi connectivity index (χ0) is 39.4. The van der Waals surface area contributed by atoms with Crippen molar-refractivity contribution in [2.45, 2.75) is 100 Å². The molecular weight excluding hydrogens is 753 g/mol. The maximum Gasteiger partial charge on any atom is 0.326 e. The fraction of sp³-hybridized carbons (Fsp3) is 0.645. The first-order valence-corrected chi connectivity index (χ1v) is 17.7. The van der Waals surface area contributed by atoms with Crippen LogP contribution in [0.25, 0.3) is 0 Å². The third kappa shape index (κ3) is 12.3. The van der Waals surface area contributed by atoms with Crippen molar-refractivity contribution in [2.75, 3.05) is 13.1 Å². The van der Waals surface area contributed by atoms with Crippen molar-refractivity contribution >= 4 is 76.1 Å². The number of aliphatic hydroxyl groups is 2. The van der Waals surface area contributed by atoms with E-state index in [0.29, 0.717) is 5.54 Å². The van der Waals surface area contributed by atoms with Gasteiger partial charge in [-0.3, -0.25) is 28.8 Å². The number of carboxylic acid groups (broad SMARTS) is 1. The van der Waals surface area contributed by atoms with E-state index in [1.54, 1.807) is 20.8 Å². The molecule has 0 saturated heterocycles. The molecule has 0 unspecified atom stereocenters. The highest BCUT2D eigenvalue weighted by Crippen LogP contribution is 2.31. The van der Waals surface area contributed by atoms with Crippen molar-refractivity contribution in [1.82, 2.24) is 26.6 Å². The van der Waals surface area contributed by atoms with E-state index in [-0.39, 0.29) is 37.1 Å². The highest BCUT2D eigenvalue weighted by atomic mass is 35.5. The van der Waals surface area contributed by atoms with Crippen LogP contribution in [0.4, 0.5) is 0 Å².